The van der Waals surface area contributed by atoms with Crippen molar-refractivity contribution >= 4 is 0 Å². The molecule has 1 aliphatic heterocycles. The molecule has 0 amide bonds. The first-order chi connectivity index (χ1) is 10.4. The van der Waals surface area contributed by atoms with Crippen molar-refractivity contribution in [3.05, 3.63) is 35.4 Å². The zero-order valence-corrected chi connectivity index (χ0v) is 13.4. The van der Waals surface area contributed by atoms with Gasteiger partial charge in [0.05, 0.1) is 0 Å². The number of nitrogens with one attached hydrogen (secondary N) is 2. The lowest BCUT2D eigenvalue weighted by atomic mass is 9.79. The third kappa shape index (κ3) is 3.87. The molecule has 1 heterocycles. The first-order valence-corrected chi connectivity index (χ1v) is 8.91. The van der Waals surface area contributed by atoms with Gasteiger partial charge in [-0.15, -0.1) is 0 Å². The number of hydrogen-bond acceptors (Lipinski definition) is 2. The highest BCUT2D eigenvalue weighted by atomic mass is 15.0. The number of aryl methyl sites for hydroxylation is 1. The molecular weight excluding hydrogens is 256 g/mol. The van der Waals surface area contributed by atoms with E-state index in [2.05, 4.69) is 41.8 Å². The first kappa shape index (κ1) is 15.1. The summed E-state index contributed by atoms with van der Waals surface area (Å²) in [6.45, 7) is 4.47. The van der Waals surface area contributed by atoms with Gasteiger partial charge in [-0.05, 0) is 55.7 Å². The quantitative estimate of drug-likeness (QED) is 0.863. The number of benzene rings is 1. The largest absolute Gasteiger partial charge is 0.314 e. The van der Waals surface area contributed by atoms with E-state index >= 15 is 0 Å². The van der Waals surface area contributed by atoms with Crippen molar-refractivity contribution in [2.75, 3.05) is 6.54 Å². The van der Waals surface area contributed by atoms with Crippen LogP contribution in [0.15, 0.2) is 24.3 Å². The summed E-state index contributed by atoms with van der Waals surface area (Å²) in [4.78, 5) is 0. The van der Waals surface area contributed by atoms with Crippen LogP contribution < -0.4 is 10.6 Å². The summed E-state index contributed by atoms with van der Waals surface area (Å²) < 4.78 is 0. The molecule has 21 heavy (non-hydrogen) atoms. The Bertz CT molecular complexity index is 420. The maximum Gasteiger partial charge on any atom is 0.0208 e. The Morgan fingerprint density at radius 3 is 2.48 bits per heavy atom. The SMILES string of the molecule is CCc1ccc(CNC2CCCCC2C2CCCN2)cc1. The van der Waals surface area contributed by atoms with Gasteiger partial charge in [-0.1, -0.05) is 44.0 Å². The van der Waals surface area contributed by atoms with E-state index in [0.29, 0.717) is 6.04 Å². The Kier molecular flexibility index (Phi) is 5.32. The molecular formula is C19H30N2. The molecule has 1 aliphatic carbocycles. The Hall–Kier alpha value is -0.860. The maximum atomic E-state index is 3.86. The molecule has 1 aromatic rings. The molecule has 0 aromatic heterocycles. The lowest BCUT2D eigenvalue weighted by molar-refractivity contribution is 0.213. The molecule has 1 aromatic carbocycles. The number of hydrogen-bond donors (Lipinski definition) is 2. The first-order valence-electron chi connectivity index (χ1n) is 8.91. The van der Waals surface area contributed by atoms with E-state index < -0.39 is 0 Å². The molecule has 3 rings (SSSR count). The third-order valence-electron chi connectivity index (χ3n) is 5.43. The molecule has 0 radical (unpaired) electrons. The van der Waals surface area contributed by atoms with E-state index in [1.54, 1.807) is 0 Å². The average molecular weight is 286 g/mol. The van der Waals surface area contributed by atoms with Crippen molar-refractivity contribution in [2.45, 2.75) is 70.5 Å². The van der Waals surface area contributed by atoms with E-state index in [-0.39, 0.29) is 0 Å². The predicted octanol–water partition coefficient (Wildman–Crippen LogP) is 3.65. The van der Waals surface area contributed by atoms with E-state index in [4.69, 9.17) is 0 Å². The van der Waals surface area contributed by atoms with Crippen LogP contribution in [0.1, 0.15) is 56.6 Å². The average Bonchev–Trinajstić information content (AvgIpc) is 3.08. The van der Waals surface area contributed by atoms with Gasteiger partial charge in [0.15, 0.2) is 0 Å². The smallest absolute Gasteiger partial charge is 0.0208 e. The molecule has 1 saturated heterocycles. The second-order valence-electron chi connectivity index (χ2n) is 6.81. The maximum absolute atomic E-state index is 3.86. The van der Waals surface area contributed by atoms with Gasteiger partial charge < -0.3 is 10.6 Å². The van der Waals surface area contributed by atoms with E-state index in [0.717, 1.165) is 24.9 Å². The summed E-state index contributed by atoms with van der Waals surface area (Å²) in [5.41, 5.74) is 2.86. The zero-order valence-electron chi connectivity index (χ0n) is 13.4. The monoisotopic (exact) mass is 286 g/mol. The molecule has 3 atom stereocenters. The molecule has 0 bridgehead atoms. The normalized spacial score (nSPS) is 29.7. The van der Waals surface area contributed by atoms with Crippen LogP contribution >= 0.6 is 0 Å². The Morgan fingerprint density at radius 2 is 1.76 bits per heavy atom. The van der Waals surface area contributed by atoms with Crippen LogP contribution in [-0.2, 0) is 13.0 Å². The summed E-state index contributed by atoms with van der Waals surface area (Å²) in [5, 5.41) is 7.59. The molecule has 0 spiro atoms. The zero-order chi connectivity index (χ0) is 14.5. The summed E-state index contributed by atoms with van der Waals surface area (Å²) >= 11 is 0. The Balaban J connectivity index is 1.56. The van der Waals surface area contributed by atoms with E-state index in [1.165, 1.54) is 56.2 Å². The molecule has 2 aliphatic rings. The van der Waals surface area contributed by atoms with Gasteiger partial charge in [-0.3, -0.25) is 0 Å². The second-order valence-corrected chi connectivity index (χ2v) is 6.81. The predicted molar refractivity (Wildman–Crippen MR) is 89.4 cm³/mol. The van der Waals surface area contributed by atoms with Crippen molar-refractivity contribution in [1.82, 2.24) is 10.6 Å². The van der Waals surface area contributed by atoms with Gasteiger partial charge in [-0.2, -0.15) is 0 Å². The summed E-state index contributed by atoms with van der Waals surface area (Å²) in [5.74, 6) is 0.844. The Morgan fingerprint density at radius 1 is 1.00 bits per heavy atom. The summed E-state index contributed by atoms with van der Waals surface area (Å²) in [7, 11) is 0. The van der Waals surface area contributed by atoms with Gasteiger partial charge in [0, 0.05) is 18.6 Å². The molecule has 2 N–H and O–H groups in total. The highest BCUT2D eigenvalue weighted by molar-refractivity contribution is 5.22. The minimum absolute atomic E-state index is 0.709. The standard InChI is InChI=1S/C19H30N2/c1-2-15-9-11-16(12-10-15)14-21-19-7-4-3-6-17(19)18-8-5-13-20-18/h9-12,17-21H,2-8,13-14H2,1H3. The van der Waals surface area contributed by atoms with Crippen LogP contribution in [-0.4, -0.2) is 18.6 Å². The van der Waals surface area contributed by atoms with Crippen LogP contribution in [0.4, 0.5) is 0 Å². The van der Waals surface area contributed by atoms with Gasteiger partial charge in [0.2, 0.25) is 0 Å². The fraction of sp³-hybridized carbons (Fsp3) is 0.684. The highest BCUT2D eigenvalue weighted by Crippen LogP contribution is 2.30. The van der Waals surface area contributed by atoms with E-state index in [9.17, 15) is 0 Å². The van der Waals surface area contributed by atoms with Crippen LogP contribution in [0.3, 0.4) is 0 Å². The van der Waals surface area contributed by atoms with Gasteiger partial charge in [-0.25, -0.2) is 0 Å². The molecule has 116 valence electrons. The minimum atomic E-state index is 0.709. The van der Waals surface area contributed by atoms with Crippen LogP contribution in [0.5, 0.6) is 0 Å². The van der Waals surface area contributed by atoms with Crippen LogP contribution in [0.2, 0.25) is 0 Å². The summed E-state index contributed by atoms with van der Waals surface area (Å²) in [6.07, 6.45) is 9.47. The fourth-order valence-electron chi connectivity index (χ4n) is 4.11. The third-order valence-corrected chi connectivity index (χ3v) is 5.43. The van der Waals surface area contributed by atoms with Crippen molar-refractivity contribution < 1.29 is 0 Å². The van der Waals surface area contributed by atoms with Crippen LogP contribution in [0, 0.1) is 5.92 Å². The molecule has 3 unspecified atom stereocenters. The number of rotatable bonds is 5. The van der Waals surface area contributed by atoms with Crippen molar-refractivity contribution in [3.8, 4) is 0 Å². The van der Waals surface area contributed by atoms with Crippen molar-refractivity contribution in [3.63, 3.8) is 0 Å². The van der Waals surface area contributed by atoms with Gasteiger partial charge in [0.25, 0.3) is 0 Å². The second kappa shape index (κ2) is 7.42. The van der Waals surface area contributed by atoms with E-state index in [1.807, 2.05) is 0 Å². The van der Waals surface area contributed by atoms with Crippen LogP contribution in [0.25, 0.3) is 0 Å². The summed E-state index contributed by atoms with van der Waals surface area (Å²) in [6, 6.07) is 10.6. The molecule has 1 saturated carbocycles. The van der Waals surface area contributed by atoms with Gasteiger partial charge in [0.1, 0.15) is 0 Å². The molecule has 2 heteroatoms. The van der Waals surface area contributed by atoms with Gasteiger partial charge >= 0.3 is 0 Å². The fourth-order valence-corrected chi connectivity index (χ4v) is 4.11. The minimum Gasteiger partial charge on any atom is -0.314 e. The Labute approximate surface area is 129 Å². The highest BCUT2D eigenvalue weighted by Gasteiger charge is 2.32. The van der Waals surface area contributed by atoms with Crippen molar-refractivity contribution in [2.24, 2.45) is 5.92 Å². The lowest BCUT2D eigenvalue weighted by Crippen LogP contribution is -2.46. The topological polar surface area (TPSA) is 24.1 Å². The van der Waals surface area contributed by atoms with Crippen molar-refractivity contribution in [1.29, 1.82) is 0 Å². The molecule has 2 fully saturated rings. The lowest BCUT2D eigenvalue weighted by Gasteiger charge is -2.36. The molecule has 2 nitrogen and oxygen atoms in total.